The molecule has 1 aromatic heterocycles. The van der Waals surface area contributed by atoms with Crippen LogP contribution in [0, 0.1) is 24.7 Å². The van der Waals surface area contributed by atoms with Gasteiger partial charge in [0.1, 0.15) is 12.4 Å². The van der Waals surface area contributed by atoms with E-state index in [9.17, 15) is 23.6 Å². The third-order valence-electron chi connectivity index (χ3n) is 6.38. The third-order valence-corrected chi connectivity index (χ3v) is 7.15. The Kier molecular flexibility index (Phi) is 10.9. The SMILES string of the molecule is Cc1nc(C(=O)C[C@H](C(=O)N2CCC[C@H]2C(=O)C[C@@H](CCCN=C(N)N)C(=O)CF)C(C)C)cs1. The maximum Gasteiger partial charge on any atom is 0.227 e. The van der Waals surface area contributed by atoms with E-state index in [-0.39, 0.29) is 55.2 Å². The van der Waals surface area contributed by atoms with Crippen LogP contribution in [0.2, 0.25) is 0 Å². The first-order chi connectivity index (χ1) is 16.5. The van der Waals surface area contributed by atoms with Crippen molar-refractivity contribution in [1.82, 2.24) is 9.88 Å². The molecule has 11 heteroatoms. The maximum atomic E-state index is 13.5. The molecular weight excluding hydrogens is 473 g/mol. The predicted molar refractivity (Wildman–Crippen MR) is 133 cm³/mol. The van der Waals surface area contributed by atoms with E-state index >= 15 is 0 Å². The van der Waals surface area contributed by atoms with Gasteiger partial charge in [-0.3, -0.25) is 24.2 Å². The zero-order chi connectivity index (χ0) is 26.1. The molecule has 4 N–H and O–H groups in total. The van der Waals surface area contributed by atoms with Crippen molar-refractivity contribution in [2.24, 2.45) is 34.2 Å². The van der Waals surface area contributed by atoms with Crippen LogP contribution in [0.4, 0.5) is 4.39 Å². The molecule has 0 aliphatic carbocycles. The van der Waals surface area contributed by atoms with E-state index in [4.69, 9.17) is 11.5 Å². The number of carbonyl (C=O) groups excluding carboxylic acids is 4. The van der Waals surface area contributed by atoms with E-state index in [0.29, 0.717) is 31.5 Å². The summed E-state index contributed by atoms with van der Waals surface area (Å²) in [5, 5.41) is 2.47. The summed E-state index contributed by atoms with van der Waals surface area (Å²) in [6.45, 7) is 5.11. The molecule has 0 unspecified atom stereocenters. The van der Waals surface area contributed by atoms with Crippen LogP contribution in [0.25, 0.3) is 0 Å². The highest BCUT2D eigenvalue weighted by Crippen LogP contribution is 2.28. The Labute approximate surface area is 209 Å². The van der Waals surface area contributed by atoms with Gasteiger partial charge in [0, 0.05) is 43.1 Å². The van der Waals surface area contributed by atoms with Crippen molar-refractivity contribution in [3.05, 3.63) is 16.1 Å². The zero-order valence-electron chi connectivity index (χ0n) is 20.7. The number of halogens is 1. The maximum absolute atomic E-state index is 13.5. The number of hydrogen-bond acceptors (Lipinski definition) is 7. The first-order valence-electron chi connectivity index (χ1n) is 12.0. The molecule has 0 bridgehead atoms. The van der Waals surface area contributed by atoms with E-state index in [2.05, 4.69) is 9.98 Å². The number of Topliss-reactive ketones (excluding diaryl/α,β-unsaturated/α-hetero) is 3. The van der Waals surface area contributed by atoms with Crippen molar-refractivity contribution in [2.45, 2.75) is 65.3 Å². The molecule has 0 spiro atoms. The van der Waals surface area contributed by atoms with Crippen molar-refractivity contribution in [3.63, 3.8) is 0 Å². The molecule has 1 aliphatic heterocycles. The number of aromatic nitrogens is 1. The normalized spacial score (nSPS) is 17.3. The van der Waals surface area contributed by atoms with Crippen LogP contribution in [0.1, 0.15) is 67.9 Å². The van der Waals surface area contributed by atoms with Crippen molar-refractivity contribution in [1.29, 1.82) is 0 Å². The number of guanidine groups is 1. The van der Waals surface area contributed by atoms with Crippen molar-refractivity contribution in [2.75, 3.05) is 19.8 Å². The lowest BCUT2D eigenvalue weighted by atomic mass is 9.87. The number of rotatable bonds is 14. The number of aliphatic imine (C=N–C) groups is 1. The molecule has 1 saturated heterocycles. The van der Waals surface area contributed by atoms with Gasteiger partial charge in [0.2, 0.25) is 5.91 Å². The van der Waals surface area contributed by atoms with Crippen LogP contribution in [-0.2, 0) is 14.4 Å². The minimum absolute atomic E-state index is 0.0187. The number of alkyl halides is 1. The largest absolute Gasteiger partial charge is 0.370 e. The van der Waals surface area contributed by atoms with Crippen molar-refractivity contribution < 1.29 is 23.6 Å². The van der Waals surface area contributed by atoms with Gasteiger partial charge in [-0.25, -0.2) is 9.37 Å². The first-order valence-corrected chi connectivity index (χ1v) is 12.9. The zero-order valence-corrected chi connectivity index (χ0v) is 21.5. The van der Waals surface area contributed by atoms with Gasteiger partial charge in [-0.1, -0.05) is 13.8 Å². The Morgan fingerprint density at radius 1 is 1.26 bits per heavy atom. The van der Waals surface area contributed by atoms with Crippen LogP contribution in [-0.4, -0.2) is 64.9 Å². The van der Waals surface area contributed by atoms with Crippen LogP contribution in [0.15, 0.2) is 10.4 Å². The number of nitrogens with zero attached hydrogens (tertiary/aromatic N) is 3. The van der Waals surface area contributed by atoms with Gasteiger partial charge in [-0.15, -0.1) is 11.3 Å². The fourth-order valence-electron chi connectivity index (χ4n) is 4.39. The summed E-state index contributed by atoms with van der Waals surface area (Å²) in [5.74, 6) is -2.88. The van der Waals surface area contributed by atoms with Crippen LogP contribution in [0.5, 0.6) is 0 Å². The molecule has 1 fully saturated rings. The number of likely N-dealkylation sites (tertiary alicyclic amines) is 1. The van der Waals surface area contributed by atoms with Gasteiger partial charge in [0.05, 0.1) is 11.0 Å². The van der Waals surface area contributed by atoms with Gasteiger partial charge in [0.25, 0.3) is 0 Å². The predicted octanol–water partition coefficient (Wildman–Crippen LogP) is 2.46. The molecule has 194 valence electrons. The second kappa shape index (κ2) is 13.4. The number of aryl methyl sites for hydroxylation is 1. The second-order valence-electron chi connectivity index (χ2n) is 9.34. The van der Waals surface area contributed by atoms with E-state index in [1.54, 1.807) is 10.3 Å². The molecule has 35 heavy (non-hydrogen) atoms. The van der Waals surface area contributed by atoms with E-state index in [0.717, 1.165) is 5.01 Å². The minimum Gasteiger partial charge on any atom is -0.370 e. The monoisotopic (exact) mass is 509 g/mol. The van der Waals surface area contributed by atoms with Crippen molar-refractivity contribution >= 4 is 40.6 Å². The Hall–Kier alpha value is -2.69. The summed E-state index contributed by atoms with van der Waals surface area (Å²) < 4.78 is 13.1. The fourth-order valence-corrected chi connectivity index (χ4v) is 5.01. The Morgan fingerprint density at radius 2 is 1.97 bits per heavy atom. The lowest BCUT2D eigenvalue weighted by Crippen LogP contribution is -2.45. The molecule has 2 rings (SSSR count). The minimum atomic E-state index is -1.15. The average molecular weight is 510 g/mol. The van der Waals surface area contributed by atoms with E-state index in [1.807, 2.05) is 20.8 Å². The van der Waals surface area contributed by atoms with E-state index < -0.39 is 30.3 Å². The molecule has 1 amide bonds. The number of nitrogens with two attached hydrogens (primary N) is 2. The summed E-state index contributed by atoms with van der Waals surface area (Å²) in [7, 11) is 0. The number of carbonyl (C=O) groups is 4. The summed E-state index contributed by atoms with van der Waals surface area (Å²) in [6, 6.07) is -0.673. The molecule has 1 aromatic rings. The second-order valence-corrected chi connectivity index (χ2v) is 10.4. The molecule has 0 aromatic carbocycles. The fraction of sp³-hybridized carbons (Fsp3) is 0.667. The van der Waals surface area contributed by atoms with Crippen molar-refractivity contribution in [3.8, 4) is 0 Å². The average Bonchev–Trinajstić information content (AvgIpc) is 3.47. The number of thiazole rings is 1. The molecule has 0 radical (unpaired) electrons. The summed E-state index contributed by atoms with van der Waals surface area (Å²) in [5.41, 5.74) is 10.9. The lowest BCUT2D eigenvalue weighted by molar-refractivity contribution is -0.142. The van der Waals surface area contributed by atoms with Gasteiger partial charge in [0.15, 0.2) is 23.3 Å². The Bertz CT molecular complexity index is 944. The summed E-state index contributed by atoms with van der Waals surface area (Å²) in [6.07, 6.45) is 1.73. The van der Waals surface area contributed by atoms with Gasteiger partial charge < -0.3 is 16.4 Å². The number of ketones is 3. The number of hydrogen-bond donors (Lipinski definition) is 2. The molecular formula is C24H36FN5O4S. The van der Waals surface area contributed by atoms with Gasteiger partial charge in [-0.2, -0.15) is 0 Å². The highest BCUT2D eigenvalue weighted by molar-refractivity contribution is 7.09. The molecule has 0 saturated carbocycles. The summed E-state index contributed by atoms with van der Waals surface area (Å²) in [4.78, 5) is 61.1. The third kappa shape index (κ3) is 8.19. The first kappa shape index (κ1) is 28.5. The summed E-state index contributed by atoms with van der Waals surface area (Å²) >= 11 is 1.38. The highest BCUT2D eigenvalue weighted by Gasteiger charge is 2.39. The van der Waals surface area contributed by atoms with Gasteiger partial charge >= 0.3 is 0 Å². The lowest BCUT2D eigenvalue weighted by Gasteiger charge is -2.30. The quantitative estimate of drug-likeness (QED) is 0.169. The highest BCUT2D eigenvalue weighted by atomic mass is 32.1. The van der Waals surface area contributed by atoms with E-state index in [1.165, 1.54) is 11.3 Å². The smallest absolute Gasteiger partial charge is 0.227 e. The van der Waals surface area contributed by atoms with Crippen LogP contribution < -0.4 is 11.5 Å². The Balaban J connectivity index is 2.08. The number of amides is 1. The van der Waals surface area contributed by atoms with Gasteiger partial charge in [-0.05, 0) is 38.5 Å². The molecule has 2 heterocycles. The molecule has 9 nitrogen and oxygen atoms in total. The topological polar surface area (TPSA) is 149 Å². The standard InChI is InChI=1S/C24H36FN5O4S/c1-14(2)17(11-20(31)18-13-35-15(3)29-18)23(34)30-9-5-7-19(30)21(32)10-16(22(33)12-25)6-4-8-28-24(26)27/h13-14,16-17,19H,4-12H2,1-3H3,(H4,26,27,28)/t16-,17+,19+/m1/s1. The Morgan fingerprint density at radius 3 is 2.54 bits per heavy atom. The van der Waals surface area contributed by atoms with Crippen LogP contribution >= 0.6 is 11.3 Å². The molecule has 3 atom stereocenters. The molecule has 1 aliphatic rings. The van der Waals surface area contributed by atoms with Crippen LogP contribution in [0.3, 0.4) is 0 Å².